The number of rotatable bonds is 7. The lowest BCUT2D eigenvalue weighted by molar-refractivity contribution is 0.0645. The number of piperidine rings is 1. The summed E-state index contributed by atoms with van der Waals surface area (Å²) in [6, 6.07) is 8.01. The third-order valence-electron chi connectivity index (χ3n) is 6.60. The normalized spacial score (nSPS) is 20.1. The Morgan fingerprint density at radius 2 is 1.85 bits per heavy atom. The summed E-state index contributed by atoms with van der Waals surface area (Å²) in [5, 5.41) is 0. The summed E-state index contributed by atoms with van der Waals surface area (Å²) >= 11 is 0. The van der Waals surface area contributed by atoms with Gasteiger partial charge in [0.05, 0.1) is 11.8 Å². The second kappa shape index (κ2) is 9.62. The third-order valence-corrected chi connectivity index (χ3v) is 7.16. The Morgan fingerprint density at radius 3 is 2.47 bits per heavy atom. The Morgan fingerprint density at radius 1 is 1.18 bits per heavy atom. The molecule has 2 fully saturated rings. The highest BCUT2D eigenvalue weighted by Crippen LogP contribution is 2.47. The van der Waals surface area contributed by atoms with E-state index in [2.05, 4.69) is 11.8 Å². The lowest BCUT2D eigenvalue weighted by atomic mass is 9.99. The molecule has 9 heteroatoms. The smallest absolute Gasteiger partial charge is 0.267 e. The van der Waals surface area contributed by atoms with Gasteiger partial charge in [0, 0.05) is 18.2 Å². The first-order valence-electron chi connectivity index (χ1n) is 11.5. The van der Waals surface area contributed by atoms with Gasteiger partial charge in [0.25, 0.3) is 5.91 Å². The molecule has 1 N–H and O–H groups in total. The van der Waals surface area contributed by atoms with Crippen molar-refractivity contribution in [1.82, 2.24) is 9.62 Å². The topological polar surface area (TPSA) is 75.7 Å². The number of hydrogen-bond donors (Lipinski definition) is 1. The summed E-state index contributed by atoms with van der Waals surface area (Å²) < 4.78 is 59.7. The van der Waals surface area contributed by atoms with Crippen molar-refractivity contribution in [2.75, 3.05) is 19.3 Å². The molecule has 1 amide bonds. The number of nitrogens with zero attached hydrogens (tertiary/aromatic N) is 1. The molecule has 2 aromatic carbocycles. The van der Waals surface area contributed by atoms with Crippen LogP contribution < -0.4 is 9.46 Å². The van der Waals surface area contributed by atoms with Crippen molar-refractivity contribution in [2.24, 2.45) is 0 Å². The van der Waals surface area contributed by atoms with Crippen LogP contribution in [-0.4, -0.2) is 44.7 Å². The lowest BCUT2D eigenvalue weighted by Gasteiger charge is -2.37. The Hall–Kier alpha value is -2.52. The van der Waals surface area contributed by atoms with E-state index in [1.54, 1.807) is 19.1 Å². The maximum Gasteiger partial charge on any atom is 0.267 e. The average Bonchev–Trinajstić information content (AvgIpc) is 3.61. The zero-order valence-corrected chi connectivity index (χ0v) is 20.4. The second-order valence-electron chi connectivity index (χ2n) is 9.36. The van der Waals surface area contributed by atoms with Gasteiger partial charge in [-0.2, -0.15) is 0 Å². The molecule has 34 heavy (non-hydrogen) atoms. The number of ether oxygens (including phenoxy) is 1. The summed E-state index contributed by atoms with van der Waals surface area (Å²) in [7, 11) is -3.81. The summed E-state index contributed by atoms with van der Waals surface area (Å²) in [5.74, 6) is -1.40. The molecule has 1 saturated carbocycles. The molecule has 0 radical (unpaired) electrons. The van der Waals surface area contributed by atoms with Gasteiger partial charge in [0.2, 0.25) is 10.0 Å². The van der Waals surface area contributed by atoms with Gasteiger partial charge in [-0.3, -0.25) is 9.69 Å². The quantitative estimate of drug-likeness (QED) is 0.618. The van der Waals surface area contributed by atoms with Gasteiger partial charge in [-0.1, -0.05) is 12.1 Å². The Kier molecular flexibility index (Phi) is 6.96. The molecule has 184 valence electrons. The number of carbonyl (C=O) groups is 1. The van der Waals surface area contributed by atoms with Crippen molar-refractivity contribution >= 4 is 15.9 Å². The number of amides is 1. The molecule has 1 saturated heterocycles. The van der Waals surface area contributed by atoms with Crippen LogP contribution in [0.3, 0.4) is 0 Å². The SMILES string of the molecule is Cc1c(F)c(C(=O)NS(C)(=O)=O)cc(C2CC2)c1OC1CCCN([C@@H](C)c2ccc(F)cc2)C1. The molecule has 2 aliphatic rings. The number of likely N-dealkylation sites (tertiary alicyclic amines) is 1. The van der Waals surface area contributed by atoms with E-state index in [0.29, 0.717) is 12.3 Å². The molecule has 2 aromatic rings. The lowest BCUT2D eigenvalue weighted by Crippen LogP contribution is -2.42. The standard InChI is InChI=1S/C25H30F2N2O4S/c1-15-23(27)22(25(30)28-34(3,31)32)13-21(18-6-7-18)24(15)33-20-5-4-12-29(14-20)16(2)17-8-10-19(26)11-9-17/h8-11,13,16,18,20H,4-7,12,14H2,1-3H3,(H,28,30)/t16-,20?/m0/s1. The predicted octanol–water partition coefficient (Wildman–Crippen LogP) is 4.44. The van der Waals surface area contributed by atoms with Crippen molar-refractivity contribution in [3.63, 3.8) is 0 Å². The first-order valence-corrected chi connectivity index (χ1v) is 13.4. The highest BCUT2D eigenvalue weighted by Gasteiger charge is 2.34. The first kappa shape index (κ1) is 24.6. The molecule has 0 aromatic heterocycles. The fourth-order valence-electron chi connectivity index (χ4n) is 4.58. The zero-order valence-electron chi connectivity index (χ0n) is 19.6. The molecule has 0 spiro atoms. The van der Waals surface area contributed by atoms with Gasteiger partial charge in [-0.05, 0) is 81.3 Å². The van der Waals surface area contributed by atoms with E-state index in [1.807, 2.05) is 4.72 Å². The largest absolute Gasteiger partial charge is 0.488 e. The fourth-order valence-corrected chi connectivity index (χ4v) is 5.02. The maximum atomic E-state index is 15.2. The van der Waals surface area contributed by atoms with Crippen molar-refractivity contribution in [3.05, 3.63) is 64.2 Å². The first-order chi connectivity index (χ1) is 16.0. The molecular weight excluding hydrogens is 462 g/mol. The second-order valence-corrected chi connectivity index (χ2v) is 11.1. The van der Waals surface area contributed by atoms with Gasteiger partial charge in [0.15, 0.2) is 0 Å². The van der Waals surface area contributed by atoms with Crippen molar-refractivity contribution in [3.8, 4) is 5.75 Å². The van der Waals surface area contributed by atoms with Crippen LogP contribution in [0, 0.1) is 18.6 Å². The summed E-state index contributed by atoms with van der Waals surface area (Å²) in [4.78, 5) is 14.7. The van der Waals surface area contributed by atoms with E-state index in [4.69, 9.17) is 4.74 Å². The number of nitrogens with one attached hydrogen (secondary N) is 1. The number of benzene rings is 2. The van der Waals surface area contributed by atoms with Crippen LogP contribution in [0.2, 0.25) is 0 Å². The molecule has 2 atom stereocenters. The molecule has 0 bridgehead atoms. The Balaban J connectivity index is 1.56. The summed E-state index contributed by atoms with van der Waals surface area (Å²) in [5.41, 5.74) is 1.70. The number of sulfonamides is 1. The molecule has 1 aliphatic carbocycles. The number of carbonyl (C=O) groups excluding carboxylic acids is 1. The number of hydrogen-bond acceptors (Lipinski definition) is 5. The molecule has 1 aliphatic heterocycles. The van der Waals surface area contributed by atoms with Crippen LogP contribution in [0.5, 0.6) is 5.75 Å². The van der Waals surface area contributed by atoms with Crippen molar-refractivity contribution < 1.29 is 26.7 Å². The molecule has 4 rings (SSSR count). The van der Waals surface area contributed by atoms with Crippen LogP contribution in [0.25, 0.3) is 0 Å². The highest BCUT2D eigenvalue weighted by atomic mass is 32.2. The maximum absolute atomic E-state index is 15.2. The molecule has 6 nitrogen and oxygen atoms in total. The zero-order chi connectivity index (χ0) is 24.6. The summed E-state index contributed by atoms with van der Waals surface area (Å²) in [6.07, 6.45) is 4.23. The molecular formula is C25H30F2N2O4S. The summed E-state index contributed by atoms with van der Waals surface area (Å²) in [6.45, 7) is 5.16. The Labute approximate surface area is 199 Å². The van der Waals surface area contributed by atoms with Gasteiger partial charge in [0.1, 0.15) is 23.5 Å². The van der Waals surface area contributed by atoms with Crippen LogP contribution in [0.4, 0.5) is 8.78 Å². The number of halogens is 2. The van der Waals surface area contributed by atoms with Gasteiger partial charge in [-0.15, -0.1) is 0 Å². The van der Waals surface area contributed by atoms with E-state index in [0.717, 1.165) is 49.6 Å². The van der Waals surface area contributed by atoms with Crippen LogP contribution in [0.1, 0.15) is 71.6 Å². The van der Waals surface area contributed by atoms with Gasteiger partial charge in [-0.25, -0.2) is 21.9 Å². The van der Waals surface area contributed by atoms with Gasteiger partial charge < -0.3 is 4.74 Å². The van der Waals surface area contributed by atoms with E-state index < -0.39 is 21.7 Å². The minimum Gasteiger partial charge on any atom is -0.488 e. The predicted molar refractivity (Wildman–Crippen MR) is 125 cm³/mol. The Bertz CT molecular complexity index is 1180. The van der Waals surface area contributed by atoms with Crippen molar-refractivity contribution in [1.29, 1.82) is 0 Å². The fraction of sp³-hybridized carbons (Fsp3) is 0.480. The van der Waals surface area contributed by atoms with Crippen LogP contribution in [-0.2, 0) is 10.0 Å². The third kappa shape index (κ3) is 5.58. The van der Waals surface area contributed by atoms with E-state index in [9.17, 15) is 17.6 Å². The molecule has 1 heterocycles. The highest BCUT2D eigenvalue weighted by molar-refractivity contribution is 7.89. The van der Waals surface area contributed by atoms with E-state index in [1.165, 1.54) is 18.2 Å². The minimum absolute atomic E-state index is 0.0785. The van der Waals surface area contributed by atoms with Gasteiger partial charge >= 0.3 is 0 Å². The minimum atomic E-state index is -3.81. The monoisotopic (exact) mass is 492 g/mol. The van der Waals surface area contributed by atoms with E-state index >= 15 is 4.39 Å². The average molecular weight is 493 g/mol. The van der Waals surface area contributed by atoms with E-state index in [-0.39, 0.29) is 35.0 Å². The van der Waals surface area contributed by atoms with Crippen LogP contribution >= 0.6 is 0 Å². The molecule has 1 unspecified atom stereocenters. The van der Waals surface area contributed by atoms with Crippen LogP contribution in [0.15, 0.2) is 30.3 Å². The van der Waals surface area contributed by atoms with Crippen molar-refractivity contribution in [2.45, 2.75) is 57.6 Å².